The number of aliphatic hydroxyl groups is 1. The summed E-state index contributed by atoms with van der Waals surface area (Å²) < 4.78 is 0. The Morgan fingerprint density at radius 2 is 1.79 bits per heavy atom. The van der Waals surface area contributed by atoms with Crippen LogP contribution in [0.3, 0.4) is 0 Å². The van der Waals surface area contributed by atoms with Crippen LogP contribution in [0.2, 0.25) is 0 Å². The Hall–Kier alpha value is -2.83. The van der Waals surface area contributed by atoms with Crippen LogP contribution in [0.4, 0.5) is 0 Å². The Bertz CT molecular complexity index is 778. The van der Waals surface area contributed by atoms with Crippen LogP contribution in [0.5, 0.6) is 0 Å². The summed E-state index contributed by atoms with van der Waals surface area (Å²) in [6.45, 7) is 0.0447. The first kappa shape index (κ1) is 19.9. The maximum atomic E-state index is 12.6. The first-order valence-electron chi connectivity index (χ1n) is 9.76. The summed E-state index contributed by atoms with van der Waals surface area (Å²) in [5.41, 5.74) is 1.92. The van der Waals surface area contributed by atoms with E-state index < -0.39 is 24.3 Å². The zero-order valence-corrected chi connectivity index (χ0v) is 15.8. The number of benzene rings is 1. The molecule has 1 heterocycles. The highest BCUT2D eigenvalue weighted by Crippen LogP contribution is 2.32. The summed E-state index contributed by atoms with van der Waals surface area (Å²) in [5.74, 6) is -2.34. The van der Waals surface area contributed by atoms with Crippen molar-refractivity contribution in [2.75, 3.05) is 13.1 Å². The number of carboxylic acid groups (broad SMARTS) is 1. The molecule has 1 aliphatic carbocycles. The minimum atomic E-state index is -1.22. The first-order valence-corrected chi connectivity index (χ1v) is 9.76. The maximum absolute atomic E-state index is 12.6. The number of carbonyl (C=O) groups excluding carboxylic acids is 2. The van der Waals surface area contributed by atoms with Crippen molar-refractivity contribution in [1.82, 2.24) is 10.2 Å². The highest BCUT2D eigenvalue weighted by molar-refractivity contribution is 6.19. The molecule has 150 valence electrons. The van der Waals surface area contributed by atoms with Gasteiger partial charge in [-0.1, -0.05) is 43.5 Å². The number of hydrogen-bond acceptors (Lipinski definition) is 4. The lowest BCUT2D eigenvalue weighted by Gasteiger charge is -2.28. The van der Waals surface area contributed by atoms with Gasteiger partial charge in [-0.3, -0.25) is 14.4 Å². The van der Waals surface area contributed by atoms with Gasteiger partial charge in [-0.05, 0) is 29.9 Å². The second kappa shape index (κ2) is 8.91. The Morgan fingerprint density at radius 1 is 1.11 bits per heavy atom. The Labute approximate surface area is 164 Å². The average molecular weight is 386 g/mol. The number of rotatable bonds is 6. The van der Waals surface area contributed by atoms with Gasteiger partial charge in [0.2, 0.25) is 0 Å². The molecule has 7 nitrogen and oxygen atoms in total. The number of nitrogens with one attached hydrogen (secondary N) is 1. The summed E-state index contributed by atoms with van der Waals surface area (Å²) in [4.78, 5) is 36.9. The average Bonchev–Trinajstić information content (AvgIpc) is 2.70. The van der Waals surface area contributed by atoms with Gasteiger partial charge in [-0.2, -0.15) is 0 Å². The van der Waals surface area contributed by atoms with E-state index >= 15 is 0 Å². The van der Waals surface area contributed by atoms with E-state index in [1.165, 1.54) is 42.6 Å². The topological polar surface area (TPSA) is 107 Å². The minimum Gasteiger partial charge on any atom is -0.511 e. The molecule has 1 saturated carbocycles. The standard InChI is InChI=1S/C21H26N2O5/c24-17-10-11-23(21(28)19(17)20(27)22-12-18(25)26)13-14-6-8-16(9-7-14)15-4-2-1-3-5-15/h6-9,15,24H,1-5,10-13H2,(H,22,27)(H,25,26). The molecule has 1 aromatic rings. The zero-order chi connectivity index (χ0) is 20.1. The van der Waals surface area contributed by atoms with E-state index in [0.29, 0.717) is 19.0 Å². The van der Waals surface area contributed by atoms with Crippen LogP contribution in [0.15, 0.2) is 35.6 Å². The van der Waals surface area contributed by atoms with Gasteiger partial charge < -0.3 is 20.4 Å². The van der Waals surface area contributed by atoms with Crippen molar-refractivity contribution >= 4 is 17.8 Å². The van der Waals surface area contributed by atoms with Crippen molar-refractivity contribution in [3.8, 4) is 0 Å². The van der Waals surface area contributed by atoms with Crippen LogP contribution >= 0.6 is 0 Å². The van der Waals surface area contributed by atoms with E-state index in [9.17, 15) is 19.5 Å². The molecule has 0 saturated heterocycles. The van der Waals surface area contributed by atoms with Gasteiger partial charge in [0, 0.05) is 19.5 Å². The molecule has 28 heavy (non-hydrogen) atoms. The lowest BCUT2D eigenvalue weighted by atomic mass is 9.84. The largest absolute Gasteiger partial charge is 0.511 e. The van der Waals surface area contributed by atoms with Crippen molar-refractivity contribution in [2.24, 2.45) is 0 Å². The van der Waals surface area contributed by atoms with Gasteiger partial charge in [0.05, 0.1) is 0 Å². The lowest BCUT2D eigenvalue weighted by Crippen LogP contribution is -2.43. The van der Waals surface area contributed by atoms with Gasteiger partial charge in [0.25, 0.3) is 11.8 Å². The minimum absolute atomic E-state index is 0.168. The Balaban J connectivity index is 1.65. The van der Waals surface area contributed by atoms with Crippen LogP contribution in [-0.4, -0.2) is 46.0 Å². The van der Waals surface area contributed by atoms with E-state index in [1.807, 2.05) is 12.1 Å². The molecule has 0 aromatic heterocycles. The fourth-order valence-corrected chi connectivity index (χ4v) is 3.92. The van der Waals surface area contributed by atoms with Gasteiger partial charge >= 0.3 is 5.97 Å². The van der Waals surface area contributed by atoms with Crippen molar-refractivity contribution in [2.45, 2.75) is 51.0 Å². The van der Waals surface area contributed by atoms with Crippen LogP contribution in [0.1, 0.15) is 55.6 Å². The predicted octanol–water partition coefficient (Wildman–Crippen LogP) is 2.48. The number of nitrogens with zero attached hydrogens (tertiary/aromatic N) is 1. The van der Waals surface area contributed by atoms with E-state index in [2.05, 4.69) is 17.4 Å². The maximum Gasteiger partial charge on any atom is 0.322 e. The molecule has 3 rings (SSSR count). The highest BCUT2D eigenvalue weighted by atomic mass is 16.4. The van der Waals surface area contributed by atoms with E-state index in [1.54, 1.807) is 0 Å². The highest BCUT2D eigenvalue weighted by Gasteiger charge is 2.32. The molecule has 2 aliphatic rings. The molecule has 7 heteroatoms. The number of carbonyl (C=O) groups is 3. The summed E-state index contributed by atoms with van der Waals surface area (Å²) in [7, 11) is 0. The van der Waals surface area contributed by atoms with Gasteiger partial charge in [-0.15, -0.1) is 0 Å². The number of amides is 2. The SMILES string of the molecule is O=C(O)CNC(=O)C1=C(O)CCN(Cc2ccc(C3CCCCC3)cc2)C1=O. The third-order valence-corrected chi connectivity index (χ3v) is 5.47. The van der Waals surface area contributed by atoms with Crippen molar-refractivity contribution in [1.29, 1.82) is 0 Å². The smallest absolute Gasteiger partial charge is 0.322 e. The third kappa shape index (κ3) is 4.71. The normalized spacial score (nSPS) is 18.3. The molecule has 0 bridgehead atoms. The van der Waals surface area contributed by atoms with Gasteiger partial charge in [-0.25, -0.2) is 0 Å². The van der Waals surface area contributed by atoms with Crippen molar-refractivity contribution < 1.29 is 24.6 Å². The molecule has 1 aliphatic heterocycles. The van der Waals surface area contributed by atoms with Crippen LogP contribution in [-0.2, 0) is 20.9 Å². The molecular weight excluding hydrogens is 360 g/mol. The molecule has 2 amide bonds. The van der Waals surface area contributed by atoms with E-state index in [-0.39, 0.29) is 17.8 Å². The van der Waals surface area contributed by atoms with Gasteiger partial charge in [0.1, 0.15) is 17.9 Å². The van der Waals surface area contributed by atoms with Gasteiger partial charge in [0.15, 0.2) is 0 Å². The molecule has 0 unspecified atom stereocenters. The number of carboxylic acids is 1. The number of aliphatic hydroxyl groups excluding tert-OH is 1. The Morgan fingerprint density at radius 3 is 2.43 bits per heavy atom. The Kier molecular flexibility index (Phi) is 6.34. The number of aliphatic carboxylic acids is 1. The third-order valence-electron chi connectivity index (χ3n) is 5.47. The lowest BCUT2D eigenvalue weighted by molar-refractivity contribution is -0.138. The quantitative estimate of drug-likeness (QED) is 0.651. The fourth-order valence-electron chi connectivity index (χ4n) is 3.92. The predicted molar refractivity (Wildman–Crippen MR) is 103 cm³/mol. The molecule has 1 fully saturated rings. The number of hydrogen-bond donors (Lipinski definition) is 3. The van der Waals surface area contributed by atoms with Crippen LogP contribution in [0.25, 0.3) is 0 Å². The van der Waals surface area contributed by atoms with E-state index in [0.717, 1.165) is 5.56 Å². The second-order valence-corrected chi connectivity index (χ2v) is 7.45. The van der Waals surface area contributed by atoms with Crippen LogP contribution in [0, 0.1) is 0 Å². The zero-order valence-electron chi connectivity index (χ0n) is 15.8. The fraction of sp³-hybridized carbons (Fsp3) is 0.476. The molecule has 0 spiro atoms. The van der Waals surface area contributed by atoms with Crippen molar-refractivity contribution in [3.05, 3.63) is 46.7 Å². The molecule has 1 aromatic carbocycles. The molecule has 0 radical (unpaired) electrons. The summed E-state index contributed by atoms with van der Waals surface area (Å²) in [6.07, 6.45) is 6.48. The summed E-state index contributed by atoms with van der Waals surface area (Å²) >= 11 is 0. The monoisotopic (exact) mass is 386 g/mol. The summed E-state index contributed by atoms with van der Waals surface area (Å²) in [5, 5.41) is 20.8. The second-order valence-electron chi connectivity index (χ2n) is 7.45. The van der Waals surface area contributed by atoms with Crippen molar-refractivity contribution in [3.63, 3.8) is 0 Å². The molecule has 0 atom stereocenters. The molecular formula is C21H26N2O5. The van der Waals surface area contributed by atoms with E-state index in [4.69, 9.17) is 5.11 Å². The van der Waals surface area contributed by atoms with Crippen LogP contribution < -0.4 is 5.32 Å². The molecule has 3 N–H and O–H groups in total. The first-order chi connectivity index (χ1) is 13.5. The summed E-state index contributed by atoms with van der Waals surface area (Å²) in [6, 6.07) is 8.26.